The van der Waals surface area contributed by atoms with E-state index in [9.17, 15) is 19.2 Å². The molecule has 0 aromatic heterocycles. The van der Waals surface area contributed by atoms with Crippen molar-refractivity contribution in [3.8, 4) is 0 Å². The van der Waals surface area contributed by atoms with E-state index in [2.05, 4.69) is 130 Å². The molecule has 0 unspecified atom stereocenters. The number of nitrogens with one attached hydrogen (secondary N) is 4. The summed E-state index contributed by atoms with van der Waals surface area (Å²) in [6.07, 6.45) is 2.88. The maximum absolute atomic E-state index is 15.1. The minimum absolute atomic E-state index is 0.0400. The summed E-state index contributed by atoms with van der Waals surface area (Å²) in [5.74, 6) is -2.87. The first-order chi connectivity index (χ1) is 39.0. The summed E-state index contributed by atoms with van der Waals surface area (Å²) in [4.78, 5) is 72.7. The van der Waals surface area contributed by atoms with Crippen molar-refractivity contribution in [2.24, 2.45) is 5.92 Å². The molecule has 12 heteroatoms. The summed E-state index contributed by atoms with van der Waals surface area (Å²) in [6.45, 7) is 3.10. The van der Waals surface area contributed by atoms with Crippen LogP contribution < -0.4 is 21.3 Å². The third-order valence-electron chi connectivity index (χ3n) is 14.4. The molecule has 0 aliphatic carbocycles. The van der Waals surface area contributed by atoms with E-state index in [1.165, 1.54) is 11.8 Å². The standard InChI is InChI=1S/C68H66N4O6S2/c1-48(2)63-66(77)71-60(47-80-68(54-35-15-6-16-36-54,55-37-17-7-18-38-55)56-39-19-8-20-40-56)65(76)70-59(44-50-28-25-27-49-26-21-22-42-58(49)50)64(75)69-46-62(74)78-57(45-61(73)72-63)41-23-24-43-79-67(51-29-9-3-10-30-51,52-31-11-4-12-32-52)53-33-13-5-14-34-53/h3-23,25-42,48,57,59-60,63H,24,43-47H2,1-2H3,(H,69,75)(H,70,76)(H,71,77)(H,72,73)/b41-23+/t57-,59-,60-,63-/m1/s1. The number of cyclic esters (lactones) is 1. The molecular weight excluding hydrogens is 1030 g/mol. The minimum atomic E-state index is -1.22. The van der Waals surface area contributed by atoms with Gasteiger partial charge in [-0.3, -0.25) is 24.0 Å². The van der Waals surface area contributed by atoms with E-state index in [0.29, 0.717) is 12.2 Å². The van der Waals surface area contributed by atoms with E-state index in [0.717, 1.165) is 49.7 Å². The Morgan fingerprint density at radius 1 is 0.512 bits per heavy atom. The molecule has 0 saturated carbocycles. The lowest BCUT2D eigenvalue weighted by molar-refractivity contribution is -0.148. The van der Waals surface area contributed by atoms with Crippen molar-refractivity contribution >= 4 is 63.9 Å². The number of fused-ring (bicyclic) bond motifs is 1. The van der Waals surface area contributed by atoms with Crippen molar-refractivity contribution < 1.29 is 28.7 Å². The Kier molecular flexibility index (Phi) is 19.2. The zero-order chi connectivity index (χ0) is 55.7. The van der Waals surface area contributed by atoms with E-state index in [1.807, 2.05) is 135 Å². The maximum Gasteiger partial charge on any atom is 0.326 e. The lowest BCUT2D eigenvalue weighted by Gasteiger charge is -2.37. The normalized spacial score (nSPS) is 18.0. The highest BCUT2D eigenvalue weighted by molar-refractivity contribution is 8.00. The summed E-state index contributed by atoms with van der Waals surface area (Å²) in [7, 11) is 0. The number of allylic oxidation sites excluding steroid dienone is 1. The van der Waals surface area contributed by atoms with E-state index in [1.54, 1.807) is 17.8 Å². The van der Waals surface area contributed by atoms with Crippen LogP contribution in [-0.2, 0) is 44.6 Å². The molecule has 1 fully saturated rings. The average molecular weight is 1100 g/mol. The number of ether oxygens (including phenoxy) is 1. The van der Waals surface area contributed by atoms with E-state index in [4.69, 9.17) is 4.74 Å². The van der Waals surface area contributed by atoms with Crippen LogP contribution in [0.5, 0.6) is 0 Å². The highest BCUT2D eigenvalue weighted by Crippen LogP contribution is 2.50. The lowest BCUT2D eigenvalue weighted by Crippen LogP contribution is -2.59. The summed E-state index contributed by atoms with van der Waals surface area (Å²) in [6, 6.07) is 71.4. The zero-order valence-corrected chi connectivity index (χ0v) is 46.5. The Bertz CT molecular complexity index is 3170. The summed E-state index contributed by atoms with van der Waals surface area (Å²) >= 11 is 3.27. The van der Waals surface area contributed by atoms with Gasteiger partial charge in [-0.15, -0.1) is 23.5 Å². The fourth-order valence-corrected chi connectivity index (χ4v) is 13.5. The first-order valence-corrected chi connectivity index (χ1v) is 29.1. The molecule has 0 radical (unpaired) electrons. The Labute approximate surface area is 477 Å². The molecule has 8 aromatic carbocycles. The average Bonchev–Trinajstić information content (AvgIpc) is 3.51. The first kappa shape index (κ1) is 56.5. The number of thioether (sulfide) groups is 2. The van der Waals surface area contributed by atoms with Crippen LogP contribution in [0.2, 0.25) is 0 Å². The van der Waals surface area contributed by atoms with Crippen LogP contribution in [0, 0.1) is 5.92 Å². The highest BCUT2D eigenvalue weighted by atomic mass is 32.2. The molecule has 1 heterocycles. The summed E-state index contributed by atoms with van der Waals surface area (Å²) in [5, 5.41) is 13.6. The molecule has 1 aliphatic heterocycles. The van der Waals surface area contributed by atoms with Crippen LogP contribution >= 0.6 is 23.5 Å². The third kappa shape index (κ3) is 13.4. The molecule has 8 aromatic rings. The topological polar surface area (TPSA) is 143 Å². The molecule has 10 nitrogen and oxygen atoms in total. The van der Waals surface area contributed by atoms with Gasteiger partial charge in [0.15, 0.2) is 0 Å². The Morgan fingerprint density at radius 3 is 1.46 bits per heavy atom. The molecule has 0 spiro atoms. The number of carbonyl (C=O) groups is 5. The molecule has 1 aliphatic rings. The summed E-state index contributed by atoms with van der Waals surface area (Å²) < 4.78 is 4.56. The van der Waals surface area contributed by atoms with Crippen LogP contribution in [0.25, 0.3) is 10.8 Å². The monoisotopic (exact) mass is 1100 g/mol. The largest absolute Gasteiger partial charge is 0.456 e. The van der Waals surface area contributed by atoms with Crippen molar-refractivity contribution in [1.82, 2.24) is 21.3 Å². The molecule has 4 N–H and O–H groups in total. The van der Waals surface area contributed by atoms with Crippen LogP contribution in [0.15, 0.2) is 237 Å². The third-order valence-corrected chi connectivity index (χ3v) is 17.6. The van der Waals surface area contributed by atoms with Gasteiger partial charge in [0.2, 0.25) is 23.6 Å². The van der Waals surface area contributed by atoms with Gasteiger partial charge in [0, 0.05) is 12.2 Å². The Balaban J connectivity index is 1.02. The summed E-state index contributed by atoms with van der Waals surface area (Å²) in [5.41, 5.74) is 7.05. The lowest BCUT2D eigenvalue weighted by atomic mass is 9.84. The SMILES string of the molecule is CC(C)[C@H]1NC(=O)C[C@@H](/C=C/CCSC(c2ccccc2)(c2ccccc2)c2ccccc2)OC(=O)CNC(=O)[C@@H](Cc2cccc3ccccc23)NC(=O)[C@@H](CSC(c2ccccc2)(c2ccccc2)c2ccccc2)NC1=O. The highest BCUT2D eigenvalue weighted by Gasteiger charge is 2.41. The molecule has 406 valence electrons. The first-order valence-electron chi connectivity index (χ1n) is 27.2. The minimum Gasteiger partial charge on any atom is -0.456 e. The van der Waals surface area contributed by atoms with Crippen molar-refractivity contribution in [1.29, 1.82) is 0 Å². The van der Waals surface area contributed by atoms with Gasteiger partial charge in [-0.1, -0.05) is 244 Å². The van der Waals surface area contributed by atoms with Crippen molar-refractivity contribution in [2.45, 2.75) is 66.8 Å². The fraction of sp³-hybridized carbons (Fsp3) is 0.221. The van der Waals surface area contributed by atoms with Gasteiger partial charge in [0.1, 0.15) is 30.8 Å². The molecular formula is C68H66N4O6S2. The maximum atomic E-state index is 15.1. The smallest absolute Gasteiger partial charge is 0.326 e. The number of amides is 4. The number of hydrogen-bond donors (Lipinski definition) is 4. The van der Waals surface area contributed by atoms with E-state index in [-0.39, 0.29) is 18.6 Å². The van der Waals surface area contributed by atoms with Crippen LogP contribution in [-0.4, -0.2) is 71.9 Å². The molecule has 0 bridgehead atoms. The van der Waals surface area contributed by atoms with Crippen molar-refractivity contribution in [2.75, 3.05) is 18.1 Å². The zero-order valence-electron chi connectivity index (χ0n) is 44.9. The van der Waals surface area contributed by atoms with Crippen molar-refractivity contribution in [3.63, 3.8) is 0 Å². The molecule has 4 atom stereocenters. The van der Waals surface area contributed by atoms with E-state index >= 15 is 4.79 Å². The Morgan fingerprint density at radius 2 is 0.963 bits per heavy atom. The Hall–Kier alpha value is -8.19. The van der Waals surface area contributed by atoms with Gasteiger partial charge < -0.3 is 26.0 Å². The molecule has 9 rings (SSSR count). The molecule has 4 amide bonds. The number of rotatable bonds is 17. The quantitative estimate of drug-likeness (QED) is 0.0306. The number of benzene rings is 8. The molecule has 80 heavy (non-hydrogen) atoms. The van der Waals surface area contributed by atoms with Gasteiger partial charge >= 0.3 is 5.97 Å². The van der Waals surface area contributed by atoms with Crippen molar-refractivity contribution in [3.05, 3.63) is 276 Å². The van der Waals surface area contributed by atoms with Gasteiger partial charge in [0.25, 0.3) is 0 Å². The van der Waals surface area contributed by atoms with E-state index < -0.39 is 75.8 Å². The predicted molar refractivity (Wildman–Crippen MR) is 323 cm³/mol. The fourth-order valence-electron chi connectivity index (χ4n) is 10.5. The van der Waals surface area contributed by atoms with Gasteiger partial charge in [-0.25, -0.2) is 0 Å². The van der Waals surface area contributed by atoms with Gasteiger partial charge in [-0.2, -0.15) is 0 Å². The number of carbonyl (C=O) groups excluding carboxylic acids is 5. The number of hydrogen-bond acceptors (Lipinski definition) is 8. The van der Waals surface area contributed by atoms with Crippen LogP contribution in [0.3, 0.4) is 0 Å². The second kappa shape index (κ2) is 27.1. The van der Waals surface area contributed by atoms with Crippen LogP contribution in [0.1, 0.15) is 65.6 Å². The second-order valence-electron chi connectivity index (χ2n) is 20.1. The molecule has 1 saturated heterocycles. The second-order valence-corrected chi connectivity index (χ2v) is 22.7. The van der Waals surface area contributed by atoms with Gasteiger partial charge in [0.05, 0.1) is 15.9 Å². The number of esters is 1. The van der Waals surface area contributed by atoms with Crippen LogP contribution in [0.4, 0.5) is 0 Å². The predicted octanol–water partition coefficient (Wildman–Crippen LogP) is 11.3. The van der Waals surface area contributed by atoms with Gasteiger partial charge in [-0.05, 0) is 73.9 Å².